The summed E-state index contributed by atoms with van der Waals surface area (Å²) in [5, 5.41) is 8.04. The lowest BCUT2D eigenvalue weighted by Crippen LogP contribution is -2.43. The number of nitrogens with zero attached hydrogens (tertiary/aromatic N) is 3. The Morgan fingerprint density at radius 3 is 2.90 bits per heavy atom. The van der Waals surface area contributed by atoms with E-state index in [2.05, 4.69) is 63.6 Å². The summed E-state index contributed by atoms with van der Waals surface area (Å²) in [6, 6.07) is 10.6. The molecule has 0 bridgehead atoms. The smallest absolute Gasteiger partial charge is 0.221 e. The predicted molar refractivity (Wildman–Crippen MR) is 124 cm³/mol. The first-order valence-corrected chi connectivity index (χ1v) is 11.2. The Kier molecular flexibility index (Phi) is 8.56. The van der Waals surface area contributed by atoms with Crippen LogP contribution >= 0.6 is 0 Å². The van der Waals surface area contributed by atoms with Crippen LogP contribution in [0.1, 0.15) is 32.6 Å². The second-order valence-electron chi connectivity index (χ2n) is 8.00. The molecule has 1 atom stereocenters. The highest BCUT2D eigenvalue weighted by Crippen LogP contribution is 2.16. The molecule has 3 rings (SSSR count). The van der Waals surface area contributed by atoms with E-state index in [1.165, 1.54) is 10.9 Å². The molecule has 164 valence electrons. The van der Waals surface area contributed by atoms with Crippen LogP contribution in [0.25, 0.3) is 10.9 Å². The summed E-state index contributed by atoms with van der Waals surface area (Å²) in [6.07, 6.45) is 6.16. The number of primary amides is 1. The number of carbonyl (C=O) groups is 1. The van der Waals surface area contributed by atoms with E-state index in [1.807, 2.05) is 0 Å². The van der Waals surface area contributed by atoms with Crippen LogP contribution in [0.4, 0.5) is 0 Å². The average molecular weight is 413 g/mol. The van der Waals surface area contributed by atoms with Gasteiger partial charge in [-0.05, 0) is 63.2 Å². The molecule has 0 aliphatic carbocycles. The highest BCUT2D eigenvalue weighted by atomic mass is 16.1. The van der Waals surface area contributed by atoms with Crippen molar-refractivity contribution < 1.29 is 4.79 Å². The van der Waals surface area contributed by atoms with Gasteiger partial charge in [-0.25, -0.2) is 0 Å². The summed E-state index contributed by atoms with van der Waals surface area (Å²) >= 11 is 0. The van der Waals surface area contributed by atoms with Crippen molar-refractivity contribution >= 4 is 22.8 Å². The lowest BCUT2D eigenvalue weighted by molar-refractivity contribution is -0.123. The van der Waals surface area contributed by atoms with Gasteiger partial charge in [-0.2, -0.15) is 0 Å². The van der Waals surface area contributed by atoms with E-state index in [0.29, 0.717) is 0 Å². The van der Waals surface area contributed by atoms with Gasteiger partial charge in [0.2, 0.25) is 5.91 Å². The first-order chi connectivity index (χ1) is 14.7. The molecule has 1 unspecified atom stereocenters. The minimum atomic E-state index is -0.160. The summed E-state index contributed by atoms with van der Waals surface area (Å²) < 4.78 is 2.29. The van der Waals surface area contributed by atoms with Gasteiger partial charge >= 0.3 is 0 Å². The van der Waals surface area contributed by atoms with Gasteiger partial charge in [0, 0.05) is 44.4 Å². The topological polar surface area (TPSA) is 87.7 Å². The number of fused-ring (bicyclic) bond motifs is 1. The van der Waals surface area contributed by atoms with Crippen LogP contribution in [-0.4, -0.2) is 60.6 Å². The lowest BCUT2D eigenvalue weighted by Gasteiger charge is -2.31. The first kappa shape index (κ1) is 22.2. The van der Waals surface area contributed by atoms with Gasteiger partial charge in [0.15, 0.2) is 5.96 Å². The number of carbonyl (C=O) groups excluding carboxylic acids is 1. The van der Waals surface area contributed by atoms with E-state index >= 15 is 0 Å². The molecule has 4 N–H and O–H groups in total. The van der Waals surface area contributed by atoms with Crippen molar-refractivity contribution in [2.75, 3.05) is 39.3 Å². The van der Waals surface area contributed by atoms with Crippen molar-refractivity contribution in [2.45, 2.75) is 39.2 Å². The molecule has 2 heterocycles. The molecule has 1 fully saturated rings. The van der Waals surface area contributed by atoms with Crippen molar-refractivity contribution in [3.8, 4) is 0 Å². The first-order valence-electron chi connectivity index (χ1n) is 11.2. The number of benzene rings is 1. The fourth-order valence-electron chi connectivity index (χ4n) is 4.11. The number of hydrogen-bond acceptors (Lipinski definition) is 3. The van der Waals surface area contributed by atoms with Crippen LogP contribution in [0.15, 0.2) is 41.5 Å². The van der Waals surface area contributed by atoms with Crippen LogP contribution < -0.4 is 16.4 Å². The molecule has 0 spiro atoms. The largest absolute Gasteiger partial charge is 0.369 e. The van der Waals surface area contributed by atoms with Gasteiger partial charge in [-0.3, -0.25) is 9.79 Å². The molecule has 7 heteroatoms. The zero-order valence-electron chi connectivity index (χ0n) is 18.1. The Morgan fingerprint density at radius 2 is 2.07 bits per heavy atom. The molecule has 1 amide bonds. The maximum Gasteiger partial charge on any atom is 0.221 e. The monoisotopic (exact) mass is 412 g/mol. The van der Waals surface area contributed by atoms with Crippen molar-refractivity contribution in [1.82, 2.24) is 20.1 Å². The molecule has 0 radical (unpaired) electrons. The van der Waals surface area contributed by atoms with Crippen LogP contribution in [0.2, 0.25) is 0 Å². The van der Waals surface area contributed by atoms with E-state index in [0.717, 1.165) is 77.5 Å². The summed E-state index contributed by atoms with van der Waals surface area (Å²) in [4.78, 5) is 18.5. The predicted octanol–water partition coefficient (Wildman–Crippen LogP) is 2.17. The standard InChI is InChI=1S/C23H36N6O/c1-2-25-23(26-12-6-15-28-14-5-9-20(18-28)22(24)30)27-13-7-16-29-17-11-19-8-3-4-10-21(19)29/h3-4,8,10-11,17,20H,2,5-7,9,12-16,18H2,1H3,(H2,24,30)(H2,25,26,27). The number of guanidine groups is 1. The number of hydrogen-bond donors (Lipinski definition) is 3. The Hall–Kier alpha value is -2.54. The highest BCUT2D eigenvalue weighted by Gasteiger charge is 2.23. The summed E-state index contributed by atoms with van der Waals surface area (Å²) in [5.74, 6) is 0.735. The molecular formula is C23H36N6O. The van der Waals surface area contributed by atoms with E-state index in [4.69, 9.17) is 10.7 Å². The van der Waals surface area contributed by atoms with Crippen molar-refractivity contribution in [3.63, 3.8) is 0 Å². The third-order valence-corrected chi connectivity index (χ3v) is 5.70. The Balaban J connectivity index is 1.37. The normalized spacial score (nSPS) is 17.9. The lowest BCUT2D eigenvalue weighted by atomic mass is 9.97. The molecule has 1 aliphatic rings. The maximum atomic E-state index is 11.4. The van der Waals surface area contributed by atoms with Gasteiger partial charge < -0.3 is 25.8 Å². The maximum absolute atomic E-state index is 11.4. The number of aromatic nitrogens is 1. The minimum absolute atomic E-state index is 0.0167. The highest BCUT2D eigenvalue weighted by molar-refractivity contribution is 5.80. The van der Waals surface area contributed by atoms with Gasteiger partial charge in [-0.15, -0.1) is 0 Å². The molecule has 30 heavy (non-hydrogen) atoms. The molecule has 1 aromatic carbocycles. The Morgan fingerprint density at radius 1 is 1.20 bits per heavy atom. The summed E-state index contributed by atoms with van der Waals surface area (Å²) in [5.41, 5.74) is 6.75. The zero-order chi connectivity index (χ0) is 21.2. The van der Waals surface area contributed by atoms with Crippen LogP contribution in [-0.2, 0) is 11.3 Å². The third-order valence-electron chi connectivity index (χ3n) is 5.70. The molecule has 1 saturated heterocycles. The van der Waals surface area contributed by atoms with Crippen LogP contribution in [0.3, 0.4) is 0 Å². The number of amides is 1. The fourth-order valence-corrected chi connectivity index (χ4v) is 4.11. The fraction of sp³-hybridized carbons (Fsp3) is 0.565. The average Bonchev–Trinajstić information content (AvgIpc) is 3.17. The van der Waals surface area contributed by atoms with Crippen LogP contribution in [0, 0.1) is 5.92 Å². The molecule has 7 nitrogen and oxygen atoms in total. The van der Waals surface area contributed by atoms with E-state index in [-0.39, 0.29) is 11.8 Å². The Labute approximate surface area is 179 Å². The number of aryl methyl sites for hydroxylation is 1. The SMILES string of the molecule is CCNC(=NCCCn1ccc2ccccc21)NCCCN1CCCC(C(N)=O)C1. The summed E-state index contributed by atoms with van der Waals surface area (Å²) in [6.45, 7) is 8.40. The van der Waals surface area contributed by atoms with Gasteiger partial charge in [0.05, 0.1) is 5.92 Å². The quantitative estimate of drug-likeness (QED) is 0.317. The number of likely N-dealkylation sites (tertiary alicyclic amines) is 1. The number of nitrogens with one attached hydrogen (secondary N) is 2. The molecule has 2 aromatic rings. The Bertz CT molecular complexity index is 830. The second kappa shape index (κ2) is 11.6. The molecule has 0 saturated carbocycles. The van der Waals surface area contributed by atoms with E-state index in [9.17, 15) is 4.79 Å². The van der Waals surface area contributed by atoms with Gasteiger partial charge in [-0.1, -0.05) is 18.2 Å². The van der Waals surface area contributed by atoms with E-state index < -0.39 is 0 Å². The molecule has 1 aromatic heterocycles. The number of para-hydroxylation sites is 1. The molecular weight excluding hydrogens is 376 g/mol. The van der Waals surface area contributed by atoms with Crippen molar-refractivity contribution in [1.29, 1.82) is 0 Å². The van der Waals surface area contributed by atoms with Gasteiger partial charge in [0.25, 0.3) is 0 Å². The summed E-state index contributed by atoms with van der Waals surface area (Å²) in [7, 11) is 0. The number of aliphatic imine (C=N–C) groups is 1. The minimum Gasteiger partial charge on any atom is -0.369 e. The van der Waals surface area contributed by atoms with Crippen LogP contribution in [0.5, 0.6) is 0 Å². The second-order valence-corrected chi connectivity index (χ2v) is 8.00. The van der Waals surface area contributed by atoms with Crippen molar-refractivity contribution in [3.05, 3.63) is 36.5 Å². The zero-order valence-corrected chi connectivity index (χ0v) is 18.1. The van der Waals surface area contributed by atoms with Gasteiger partial charge in [0.1, 0.15) is 0 Å². The van der Waals surface area contributed by atoms with E-state index in [1.54, 1.807) is 0 Å². The number of rotatable bonds is 10. The number of nitrogens with two attached hydrogens (primary N) is 1. The van der Waals surface area contributed by atoms with Crippen molar-refractivity contribution in [2.24, 2.45) is 16.6 Å². The molecule has 1 aliphatic heterocycles. The third kappa shape index (κ3) is 6.49. The number of piperidine rings is 1.